The van der Waals surface area contributed by atoms with Crippen LogP contribution >= 0.6 is 0 Å². The monoisotopic (exact) mass is 375 g/mol. The lowest BCUT2D eigenvalue weighted by Crippen LogP contribution is -2.34. The van der Waals surface area contributed by atoms with Crippen LogP contribution in [0.25, 0.3) is 0 Å². The van der Waals surface area contributed by atoms with Crippen molar-refractivity contribution >= 4 is 12.0 Å². The molecule has 1 aliphatic heterocycles. The molecule has 2 aromatic carbocycles. The van der Waals surface area contributed by atoms with Crippen molar-refractivity contribution in [3.05, 3.63) is 59.2 Å². The fourth-order valence-corrected chi connectivity index (χ4v) is 5.48. The fourth-order valence-electron chi connectivity index (χ4n) is 5.48. The third-order valence-electron chi connectivity index (χ3n) is 7.21. The number of rotatable bonds is 4. The Kier molecular flexibility index (Phi) is 4.62. The lowest BCUT2D eigenvalue weighted by Gasteiger charge is -2.35. The van der Waals surface area contributed by atoms with Crippen molar-refractivity contribution < 1.29 is 9.90 Å². The molecule has 0 spiro atoms. The minimum atomic E-state index is 0.241. The normalized spacial score (nSPS) is 25.4. The van der Waals surface area contributed by atoms with E-state index in [4.69, 9.17) is 0 Å². The Labute approximate surface area is 167 Å². The summed E-state index contributed by atoms with van der Waals surface area (Å²) in [6.45, 7) is 1.94. The van der Waals surface area contributed by atoms with Gasteiger partial charge in [0.2, 0.25) is 0 Å². The van der Waals surface area contributed by atoms with Gasteiger partial charge in [0.1, 0.15) is 12.0 Å². The summed E-state index contributed by atoms with van der Waals surface area (Å²) in [5.41, 5.74) is 5.43. The minimum Gasteiger partial charge on any atom is -0.508 e. The first-order valence-electron chi connectivity index (χ1n) is 10.8. The van der Waals surface area contributed by atoms with E-state index in [0.29, 0.717) is 11.7 Å². The first-order chi connectivity index (χ1) is 13.7. The predicted molar refractivity (Wildman–Crippen MR) is 112 cm³/mol. The second-order valence-electron chi connectivity index (χ2n) is 8.95. The van der Waals surface area contributed by atoms with Crippen molar-refractivity contribution in [3.63, 3.8) is 0 Å². The number of aldehydes is 1. The molecule has 3 nitrogen and oxygen atoms in total. The van der Waals surface area contributed by atoms with E-state index in [1.54, 1.807) is 0 Å². The maximum absolute atomic E-state index is 11.0. The van der Waals surface area contributed by atoms with Crippen LogP contribution < -0.4 is 4.90 Å². The molecule has 1 heterocycles. The first kappa shape index (κ1) is 17.8. The Morgan fingerprint density at radius 3 is 2.36 bits per heavy atom. The number of piperidine rings is 1. The second kappa shape index (κ2) is 7.27. The van der Waals surface area contributed by atoms with Gasteiger partial charge in [-0.3, -0.25) is 0 Å². The van der Waals surface area contributed by atoms with Crippen molar-refractivity contribution in [2.24, 2.45) is 17.8 Å². The van der Waals surface area contributed by atoms with Gasteiger partial charge in [0, 0.05) is 30.6 Å². The summed E-state index contributed by atoms with van der Waals surface area (Å²) in [4.78, 5) is 13.4. The van der Waals surface area contributed by atoms with E-state index in [9.17, 15) is 9.90 Å². The van der Waals surface area contributed by atoms with E-state index in [-0.39, 0.29) is 5.92 Å². The van der Waals surface area contributed by atoms with E-state index in [1.165, 1.54) is 41.6 Å². The third-order valence-corrected chi connectivity index (χ3v) is 7.21. The maximum Gasteiger partial charge on any atom is 0.123 e. The molecule has 0 unspecified atom stereocenters. The van der Waals surface area contributed by atoms with Crippen molar-refractivity contribution in [2.75, 3.05) is 18.0 Å². The van der Waals surface area contributed by atoms with Gasteiger partial charge in [0.25, 0.3) is 0 Å². The molecule has 0 bridgehead atoms. The average Bonchev–Trinajstić information content (AvgIpc) is 3.58. The number of aryl methyl sites for hydroxylation is 1. The molecule has 1 N–H and O–H groups in total. The van der Waals surface area contributed by atoms with Crippen molar-refractivity contribution in [1.29, 1.82) is 0 Å². The zero-order chi connectivity index (χ0) is 19.1. The molecule has 0 radical (unpaired) electrons. The standard InChI is InChI=1S/C25H29NO2/c27-16-17-11-13-26(14-12-17)21-6-3-19(4-7-21)25-23(18-1-2-18)9-5-20-15-22(28)8-10-24(20)25/h3-4,6-8,10,15-18,23,25,28H,1-2,5,9,11-14H2/t23-,25+/m0/s1. The maximum atomic E-state index is 11.0. The number of phenols is 1. The van der Waals surface area contributed by atoms with Crippen LogP contribution in [-0.2, 0) is 11.2 Å². The summed E-state index contributed by atoms with van der Waals surface area (Å²) < 4.78 is 0. The van der Waals surface area contributed by atoms with Gasteiger partial charge < -0.3 is 14.8 Å². The smallest absolute Gasteiger partial charge is 0.123 e. The van der Waals surface area contributed by atoms with Gasteiger partial charge in [-0.25, -0.2) is 0 Å². The lowest BCUT2D eigenvalue weighted by molar-refractivity contribution is -0.111. The molecule has 3 aliphatic rings. The van der Waals surface area contributed by atoms with Gasteiger partial charge in [-0.15, -0.1) is 0 Å². The van der Waals surface area contributed by atoms with Crippen LogP contribution in [0.5, 0.6) is 5.75 Å². The van der Waals surface area contributed by atoms with E-state index in [2.05, 4.69) is 35.2 Å². The highest BCUT2D eigenvalue weighted by atomic mass is 16.3. The van der Waals surface area contributed by atoms with E-state index in [0.717, 1.165) is 50.5 Å². The fraction of sp³-hybridized carbons (Fsp3) is 0.480. The molecule has 0 amide bonds. The van der Waals surface area contributed by atoms with Crippen molar-refractivity contribution in [3.8, 4) is 5.75 Å². The van der Waals surface area contributed by atoms with Gasteiger partial charge in [0.05, 0.1) is 0 Å². The van der Waals surface area contributed by atoms with E-state index < -0.39 is 0 Å². The van der Waals surface area contributed by atoms with Crippen LogP contribution in [0.4, 0.5) is 5.69 Å². The molecule has 2 aliphatic carbocycles. The Hall–Kier alpha value is -2.29. The summed E-state index contributed by atoms with van der Waals surface area (Å²) in [5.74, 6) is 2.67. The summed E-state index contributed by atoms with van der Waals surface area (Å²) in [6.07, 6.45) is 8.12. The topological polar surface area (TPSA) is 40.5 Å². The molecule has 3 heteroatoms. The molecular weight excluding hydrogens is 346 g/mol. The number of benzene rings is 2. The number of aromatic hydroxyl groups is 1. The highest BCUT2D eigenvalue weighted by Gasteiger charge is 2.40. The number of carbonyl (C=O) groups excluding carboxylic acids is 1. The molecule has 2 atom stereocenters. The van der Waals surface area contributed by atoms with Gasteiger partial charge in [0.15, 0.2) is 0 Å². The number of hydrogen-bond donors (Lipinski definition) is 1. The number of phenolic OH excluding ortho intramolecular Hbond substituents is 1. The molecule has 0 aromatic heterocycles. The number of carbonyl (C=O) groups is 1. The zero-order valence-electron chi connectivity index (χ0n) is 16.4. The number of nitrogens with zero attached hydrogens (tertiary/aromatic N) is 1. The number of fused-ring (bicyclic) bond motifs is 1. The second-order valence-corrected chi connectivity index (χ2v) is 8.95. The SMILES string of the molecule is O=CC1CCN(c2ccc([C@H]3c4ccc(O)cc4CC[C@H]3C3CC3)cc2)CC1. The number of hydrogen-bond acceptors (Lipinski definition) is 3. The Balaban J connectivity index is 1.42. The number of anilines is 1. The van der Waals surface area contributed by atoms with Crippen molar-refractivity contribution in [2.45, 2.75) is 44.4 Å². The predicted octanol–water partition coefficient (Wildman–Crippen LogP) is 4.91. The average molecular weight is 376 g/mol. The molecule has 2 fully saturated rings. The van der Waals surface area contributed by atoms with Gasteiger partial charge in [-0.1, -0.05) is 18.2 Å². The van der Waals surface area contributed by atoms with Crippen LogP contribution in [0.15, 0.2) is 42.5 Å². The largest absolute Gasteiger partial charge is 0.508 e. The highest BCUT2D eigenvalue weighted by molar-refractivity contribution is 5.56. The summed E-state index contributed by atoms with van der Waals surface area (Å²) in [7, 11) is 0. The third kappa shape index (κ3) is 3.32. The van der Waals surface area contributed by atoms with Crippen LogP contribution in [0.2, 0.25) is 0 Å². The Bertz CT molecular complexity index is 847. The zero-order valence-corrected chi connectivity index (χ0v) is 16.4. The molecule has 1 saturated heterocycles. The van der Waals surface area contributed by atoms with Gasteiger partial charge >= 0.3 is 0 Å². The van der Waals surface area contributed by atoms with Crippen molar-refractivity contribution in [1.82, 2.24) is 0 Å². The molecular formula is C25H29NO2. The Morgan fingerprint density at radius 1 is 0.929 bits per heavy atom. The molecule has 5 rings (SSSR count). The van der Waals surface area contributed by atoms with E-state index in [1.807, 2.05) is 12.1 Å². The quantitative estimate of drug-likeness (QED) is 0.772. The highest BCUT2D eigenvalue weighted by Crippen LogP contribution is 2.52. The van der Waals surface area contributed by atoms with E-state index >= 15 is 0 Å². The van der Waals surface area contributed by atoms with Gasteiger partial charge in [-0.2, -0.15) is 0 Å². The van der Waals surface area contributed by atoms with Crippen LogP contribution in [0.3, 0.4) is 0 Å². The summed E-state index contributed by atoms with van der Waals surface area (Å²) >= 11 is 0. The van der Waals surface area contributed by atoms with Crippen LogP contribution in [0.1, 0.15) is 54.7 Å². The first-order valence-corrected chi connectivity index (χ1v) is 10.8. The minimum absolute atomic E-state index is 0.241. The molecule has 2 aromatic rings. The Morgan fingerprint density at radius 2 is 1.68 bits per heavy atom. The molecule has 146 valence electrons. The molecule has 28 heavy (non-hydrogen) atoms. The van der Waals surface area contributed by atoms with Crippen LogP contribution in [0, 0.1) is 17.8 Å². The summed E-state index contributed by atoms with van der Waals surface area (Å²) in [5, 5.41) is 9.92. The van der Waals surface area contributed by atoms with Crippen LogP contribution in [-0.4, -0.2) is 24.5 Å². The lowest BCUT2D eigenvalue weighted by atomic mass is 9.70. The summed E-state index contributed by atoms with van der Waals surface area (Å²) in [6, 6.07) is 15.2. The molecule has 1 saturated carbocycles. The van der Waals surface area contributed by atoms with Gasteiger partial charge in [-0.05, 0) is 91.3 Å².